The van der Waals surface area contributed by atoms with Crippen molar-refractivity contribution < 1.29 is 14.5 Å². The molecule has 1 aromatic carbocycles. The van der Waals surface area contributed by atoms with Crippen LogP contribution in [-0.2, 0) is 4.74 Å². The first-order chi connectivity index (χ1) is 11.6. The maximum atomic E-state index is 11.7. The molecule has 25 heavy (non-hydrogen) atoms. The molecule has 1 amide bonds. The van der Waals surface area contributed by atoms with Crippen LogP contribution >= 0.6 is 11.6 Å². The lowest BCUT2D eigenvalue weighted by Gasteiger charge is -2.19. The summed E-state index contributed by atoms with van der Waals surface area (Å²) in [6, 6.07) is 6.65. The smallest absolute Gasteiger partial charge is 0.412 e. The van der Waals surface area contributed by atoms with E-state index in [1.54, 1.807) is 45.0 Å². The highest BCUT2D eigenvalue weighted by Crippen LogP contribution is 2.23. The van der Waals surface area contributed by atoms with Crippen LogP contribution in [0.4, 0.5) is 27.8 Å². The minimum atomic E-state index is -0.663. The summed E-state index contributed by atoms with van der Waals surface area (Å²) in [6.07, 6.45) is 0.467. The molecule has 0 fully saturated rings. The largest absolute Gasteiger partial charge is 0.444 e. The number of carbonyl (C=O) groups is 1. The highest BCUT2D eigenvalue weighted by molar-refractivity contribution is 6.31. The van der Waals surface area contributed by atoms with Crippen molar-refractivity contribution in [3.05, 3.63) is 45.7 Å². The Kier molecular flexibility index (Phi) is 5.38. The molecule has 1 aromatic heterocycles. The molecule has 0 radical (unpaired) electrons. The number of hydrogen-bond acceptors (Lipinski definition) is 7. The van der Waals surface area contributed by atoms with Crippen LogP contribution in [0, 0.1) is 10.1 Å². The second-order valence-corrected chi connectivity index (χ2v) is 6.31. The summed E-state index contributed by atoms with van der Waals surface area (Å²) in [4.78, 5) is 29.3. The van der Waals surface area contributed by atoms with Crippen molar-refractivity contribution in [2.45, 2.75) is 26.4 Å². The van der Waals surface area contributed by atoms with Crippen molar-refractivity contribution >= 4 is 40.7 Å². The number of aromatic nitrogens is 2. The van der Waals surface area contributed by atoms with Crippen LogP contribution in [0.2, 0.25) is 5.15 Å². The highest BCUT2D eigenvalue weighted by Gasteiger charge is 2.17. The first kappa shape index (κ1) is 18.4. The zero-order valence-corrected chi connectivity index (χ0v) is 14.5. The molecule has 10 heteroatoms. The van der Waals surface area contributed by atoms with Crippen LogP contribution in [0.5, 0.6) is 0 Å². The maximum absolute atomic E-state index is 11.7. The normalized spacial score (nSPS) is 10.9. The van der Waals surface area contributed by atoms with Gasteiger partial charge in [-0.15, -0.1) is 0 Å². The van der Waals surface area contributed by atoms with Crippen LogP contribution < -0.4 is 10.6 Å². The third-order valence-corrected chi connectivity index (χ3v) is 2.99. The first-order valence-corrected chi connectivity index (χ1v) is 7.56. The zero-order chi connectivity index (χ0) is 18.6. The molecule has 2 rings (SSSR count). The highest BCUT2D eigenvalue weighted by atomic mass is 35.5. The molecule has 0 atom stereocenters. The molecule has 0 aliphatic heterocycles. The molecule has 9 nitrogen and oxygen atoms in total. The molecule has 0 saturated carbocycles. The Morgan fingerprint density at radius 2 is 1.84 bits per heavy atom. The molecule has 0 saturated heterocycles. The summed E-state index contributed by atoms with van der Waals surface area (Å²) in [5, 5.41) is 15.9. The number of carbonyl (C=O) groups excluding carboxylic acids is 1. The number of nitrogens with one attached hydrogen (secondary N) is 2. The van der Waals surface area contributed by atoms with E-state index < -0.39 is 16.6 Å². The number of amides is 1. The van der Waals surface area contributed by atoms with Crippen LogP contribution in [0.1, 0.15) is 20.8 Å². The van der Waals surface area contributed by atoms with Gasteiger partial charge < -0.3 is 10.1 Å². The van der Waals surface area contributed by atoms with E-state index in [2.05, 4.69) is 20.6 Å². The summed E-state index contributed by atoms with van der Waals surface area (Å²) in [7, 11) is 0. The van der Waals surface area contributed by atoms with Crippen LogP contribution in [-0.4, -0.2) is 26.6 Å². The van der Waals surface area contributed by atoms with Gasteiger partial charge in [0.25, 0.3) is 0 Å². The van der Waals surface area contributed by atoms with Crippen molar-refractivity contribution in [2.24, 2.45) is 0 Å². The van der Waals surface area contributed by atoms with E-state index in [4.69, 9.17) is 16.3 Å². The van der Waals surface area contributed by atoms with Gasteiger partial charge in [0, 0.05) is 11.4 Å². The number of nitro groups is 1. The number of hydrogen-bond donors (Lipinski definition) is 2. The second-order valence-electron chi connectivity index (χ2n) is 5.96. The third kappa shape index (κ3) is 5.57. The van der Waals surface area contributed by atoms with Gasteiger partial charge in [0.2, 0.25) is 11.1 Å². The van der Waals surface area contributed by atoms with Gasteiger partial charge in [0.1, 0.15) is 11.8 Å². The Morgan fingerprint density at radius 1 is 1.24 bits per heavy atom. The van der Waals surface area contributed by atoms with Crippen molar-refractivity contribution in [3.63, 3.8) is 0 Å². The average molecular weight is 366 g/mol. The molecular formula is C15H16ClN5O4. The maximum Gasteiger partial charge on any atom is 0.412 e. The standard InChI is InChI=1S/C15H16ClN5O4/c1-15(2,3)25-14(22)19-10-6-4-9(5-7-10)18-13-17-8-11(21(23)24)12(16)20-13/h4-8H,1-3H3,(H,19,22)(H,17,18,20). The Labute approximate surface area is 148 Å². The lowest BCUT2D eigenvalue weighted by molar-refractivity contribution is -0.385. The van der Waals surface area contributed by atoms with E-state index in [1.165, 1.54) is 0 Å². The van der Waals surface area contributed by atoms with E-state index in [1.807, 2.05) is 0 Å². The van der Waals surface area contributed by atoms with Crippen molar-refractivity contribution in [3.8, 4) is 0 Å². The first-order valence-electron chi connectivity index (χ1n) is 7.18. The van der Waals surface area contributed by atoms with Gasteiger partial charge in [-0.05, 0) is 45.0 Å². The number of ether oxygens (including phenoxy) is 1. The Morgan fingerprint density at radius 3 is 2.36 bits per heavy atom. The summed E-state index contributed by atoms with van der Waals surface area (Å²) in [5.41, 5.74) is 0.198. The Hall–Kier alpha value is -2.94. The van der Waals surface area contributed by atoms with Gasteiger partial charge >= 0.3 is 11.8 Å². The topological polar surface area (TPSA) is 119 Å². The molecule has 0 unspecified atom stereocenters. The van der Waals surface area contributed by atoms with E-state index in [9.17, 15) is 14.9 Å². The minimum absolute atomic E-state index is 0.114. The molecule has 0 spiro atoms. The molecule has 2 N–H and O–H groups in total. The summed E-state index contributed by atoms with van der Waals surface area (Å²) in [5.74, 6) is 0.114. The van der Waals surface area contributed by atoms with Crippen molar-refractivity contribution in [2.75, 3.05) is 10.6 Å². The van der Waals surface area contributed by atoms with E-state index >= 15 is 0 Å². The molecular weight excluding hydrogens is 350 g/mol. The fraction of sp³-hybridized carbons (Fsp3) is 0.267. The monoisotopic (exact) mass is 365 g/mol. The number of benzene rings is 1. The zero-order valence-electron chi connectivity index (χ0n) is 13.7. The van der Waals surface area contributed by atoms with Gasteiger partial charge in [-0.1, -0.05) is 11.6 Å². The fourth-order valence-corrected chi connectivity index (χ4v) is 1.92. The van der Waals surface area contributed by atoms with Gasteiger partial charge in [-0.2, -0.15) is 4.98 Å². The van der Waals surface area contributed by atoms with Gasteiger partial charge in [-0.25, -0.2) is 9.78 Å². The van der Waals surface area contributed by atoms with Crippen LogP contribution in [0.25, 0.3) is 0 Å². The van der Waals surface area contributed by atoms with E-state index in [0.29, 0.717) is 11.4 Å². The predicted octanol–water partition coefficient (Wildman–Crippen LogP) is 4.13. The number of rotatable bonds is 4. The Balaban J connectivity index is 2.02. The molecule has 0 aliphatic carbocycles. The number of anilines is 3. The van der Waals surface area contributed by atoms with Gasteiger partial charge in [-0.3, -0.25) is 15.4 Å². The summed E-state index contributed by atoms with van der Waals surface area (Å²) < 4.78 is 5.16. The lowest BCUT2D eigenvalue weighted by atomic mass is 10.2. The molecule has 1 heterocycles. The van der Waals surface area contributed by atoms with Crippen molar-refractivity contribution in [1.82, 2.24) is 9.97 Å². The number of halogens is 1. The Bertz CT molecular complexity index is 789. The molecule has 2 aromatic rings. The molecule has 132 valence electrons. The predicted molar refractivity (Wildman–Crippen MR) is 93.3 cm³/mol. The summed E-state index contributed by atoms with van der Waals surface area (Å²) in [6.45, 7) is 5.32. The third-order valence-electron chi connectivity index (χ3n) is 2.71. The van der Waals surface area contributed by atoms with Crippen LogP contribution in [0.15, 0.2) is 30.5 Å². The average Bonchev–Trinajstić information content (AvgIpc) is 2.47. The van der Waals surface area contributed by atoms with Crippen LogP contribution in [0.3, 0.4) is 0 Å². The molecule has 0 aliphatic rings. The molecule has 0 bridgehead atoms. The summed E-state index contributed by atoms with van der Waals surface area (Å²) >= 11 is 5.73. The quantitative estimate of drug-likeness (QED) is 0.474. The van der Waals surface area contributed by atoms with Gasteiger partial charge in [0.05, 0.1) is 4.92 Å². The van der Waals surface area contributed by atoms with Crippen molar-refractivity contribution in [1.29, 1.82) is 0 Å². The van der Waals surface area contributed by atoms with E-state index in [-0.39, 0.29) is 16.8 Å². The lowest BCUT2D eigenvalue weighted by Crippen LogP contribution is -2.27. The SMILES string of the molecule is CC(C)(C)OC(=O)Nc1ccc(Nc2ncc([N+](=O)[O-])c(Cl)n2)cc1. The minimum Gasteiger partial charge on any atom is -0.444 e. The number of nitrogens with zero attached hydrogens (tertiary/aromatic N) is 3. The van der Waals surface area contributed by atoms with E-state index in [0.717, 1.165) is 6.20 Å². The fourth-order valence-electron chi connectivity index (χ4n) is 1.72. The van der Waals surface area contributed by atoms with Gasteiger partial charge in [0.15, 0.2) is 0 Å². The second kappa shape index (κ2) is 7.31.